The largest absolute Gasteiger partial charge is 0.310 e. The number of para-hydroxylation sites is 5. The highest BCUT2D eigenvalue weighted by molar-refractivity contribution is 6.18. The number of anilines is 6. The summed E-state index contributed by atoms with van der Waals surface area (Å²) < 4.78 is 2.41. The van der Waals surface area contributed by atoms with E-state index in [1.54, 1.807) is 0 Å². The highest BCUT2D eigenvalue weighted by Gasteiger charge is 2.24. The Bertz CT molecular complexity index is 2520. The third-order valence-corrected chi connectivity index (χ3v) is 9.50. The van der Waals surface area contributed by atoms with Crippen molar-refractivity contribution in [2.24, 2.45) is 0 Å². The van der Waals surface area contributed by atoms with Crippen LogP contribution in [-0.2, 0) is 0 Å². The van der Waals surface area contributed by atoms with Gasteiger partial charge >= 0.3 is 0 Å². The van der Waals surface area contributed by atoms with Crippen molar-refractivity contribution in [3.63, 3.8) is 0 Å². The number of fused-ring (bicyclic) bond motifs is 3. The normalized spacial score (nSPS) is 11.1. The van der Waals surface area contributed by atoms with Crippen LogP contribution in [0, 0.1) is 0 Å². The number of rotatable bonds is 8. The number of nitrogens with zero attached hydrogens (tertiary/aromatic N) is 3. The van der Waals surface area contributed by atoms with Crippen LogP contribution >= 0.6 is 0 Å². The minimum absolute atomic E-state index is 1.06. The lowest BCUT2D eigenvalue weighted by Gasteiger charge is -2.30. The van der Waals surface area contributed by atoms with E-state index in [1.807, 2.05) is 0 Å². The summed E-state index contributed by atoms with van der Waals surface area (Å²) in [6, 6.07) is 75.8. The average molecular weight is 654 g/mol. The van der Waals surface area contributed by atoms with Crippen LogP contribution in [0.3, 0.4) is 0 Å². The van der Waals surface area contributed by atoms with Gasteiger partial charge in [-0.3, -0.25) is 0 Å². The first-order valence-electron chi connectivity index (χ1n) is 17.4. The van der Waals surface area contributed by atoms with Gasteiger partial charge in [0.05, 0.1) is 22.4 Å². The van der Waals surface area contributed by atoms with E-state index in [2.05, 4.69) is 227 Å². The van der Waals surface area contributed by atoms with Gasteiger partial charge in [-0.2, -0.15) is 0 Å². The van der Waals surface area contributed by atoms with Gasteiger partial charge in [-0.15, -0.1) is 0 Å². The lowest BCUT2D eigenvalue weighted by atomic mass is 10.0. The molecular weight excluding hydrogens is 619 g/mol. The summed E-state index contributed by atoms with van der Waals surface area (Å²) in [5.41, 5.74) is 12.3. The zero-order valence-corrected chi connectivity index (χ0v) is 28.0. The lowest BCUT2D eigenvalue weighted by molar-refractivity contribution is 1.17. The Morgan fingerprint density at radius 1 is 0.314 bits per heavy atom. The van der Waals surface area contributed by atoms with Crippen molar-refractivity contribution >= 4 is 55.9 Å². The van der Waals surface area contributed by atoms with Crippen molar-refractivity contribution < 1.29 is 0 Å². The van der Waals surface area contributed by atoms with Crippen LogP contribution in [0.5, 0.6) is 0 Å². The summed E-state index contributed by atoms with van der Waals surface area (Å²) >= 11 is 0. The van der Waals surface area contributed by atoms with Gasteiger partial charge in [0.2, 0.25) is 0 Å². The molecule has 0 unspecified atom stereocenters. The molecule has 0 aliphatic carbocycles. The number of aromatic nitrogens is 1. The second-order valence-electron chi connectivity index (χ2n) is 12.6. The van der Waals surface area contributed by atoms with Gasteiger partial charge in [-0.25, -0.2) is 0 Å². The fourth-order valence-electron chi connectivity index (χ4n) is 7.28. The van der Waals surface area contributed by atoms with E-state index >= 15 is 0 Å². The van der Waals surface area contributed by atoms with E-state index in [1.165, 1.54) is 21.9 Å². The molecular formula is C48H35N3. The van der Waals surface area contributed by atoms with Gasteiger partial charge in [0, 0.05) is 39.2 Å². The molecule has 3 nitrogen and oxygen atoms in total. The van der Waals surface area contributed by atoms with Crippen molar-refractivity contribution in [3.8, 4) is 16.8 Å². The first kappa shape index (κ1) is 30.2. The molecule has 0 saturated heterocycles. The molecule has 0 N–H and O–H groups in total. The Hall–Kier alpha value is -6.84. The predicted octanol–water partition coefficient (Wildman–Crippen LogP) is 13.4. The van der Waals surface area contributed by atoms with Crippen LogP contribution in [0.2, 0.25) is 0 Å². The van der Waals surface area contributed by atoms with Crippen LogP contribution in [0.1, 0.15) is 0 Å². The molecule has 51 heavy (non-hydrogen) atoms. The van der Waals surface area contributed by atoms with Crippen molar-refractivity contribution in [1.29, 1.82) is 0 Å². The molecule has 8 aromatic carbocycles. The highest BCUT2D eigenvalue weighted by atomic mass is 15.2. The van der Waals surface area contributed by atoms with Crippen molar-refractivity contribution in [2.75, 3.05) is 9.80 Å². The molecule has 0 atom stereocenters. The van der Waals surface area contributed by atoms with Crippen molar-refractivity contribution in [2.45, 2.75) is 0 Å². The van der Waals surface area contributed by atoms with Crippen LogP contribution in [0.25, 0.3) is 38.6 Å². The fraction of sp³-hybridized carbons (Fsp3) is 0. The third kappa shape index (κ3) is 5.61. The number of hydrogen-bond acceptors (Lipinski definition) is 2. The molecule has 0 aliphatic heterocycles. The Morgan fingerprint density at radius 3 is 1.43 bits per heavy atom. The SMILES string of the molecule is c1ccc(-c2cccc(N(c3ccccc3)c3cc(N(c4ccccc4)c4ccccc4)c4c5ccccc5n(-c5ccccc5)c4c3)c2)cc1. The number of hydrogen-bond donors (Lipinski definition) is 0. The molecule has 1 heterocycles. The summed E-state index contributed by atoms with van der Waals surface area (Å²) in [7, 11) is 0. The van der Waals surface area contributed by atoms with Crippen molar-refractivity contribution in [1.82, 2.24) is 4.57 Å². The van der Waals surface area contributed by atoms with Gasteiger partial charge in [-0.1, -0.05) is 133 Å². The molecule has 9 aromatic rings. The zero-order chi connectivity index (χ0) is 34.0. The molecule has 1 aromatic heterocycles. The minimum atomic E-state index is 1.06. The Kier molecular flexibility index (Phi) is 7.84. The van der Waals surface area contributed by atoms with Gasteiger partial charge in [-0.05, 0) is 90.0 Å². The summed E-state index contributed by atoms with van der Waals surface area (Å²) in [6.07, 6.45) is 0. The molecule has 3 heteroatoms. The van der Waals surface area contributed by atoms with E-state index in [0.29, 0.717) is 0 Å². The van der Waals surface area contributed by atoms with Crippen LogP contribution in [0.4, 0.5) is 34.1 Å². The standard InChI is InChI=1S/C48H35N3/c1-6-19-36(20-7-1)37-21-18-30-42(33-37)49(38-22-8-2-9-23-38)43-34-46(50(39-24-10-3-11-25-39)40-26-12-4-13-27-40)48-44-31-16-17-32-45(44)51(47(48)35-43)41-28-14-5-15-29-41/h1-35H. The Labute approximate surface area is 298 Å². The molecule has 242 valence electrons. The van der Waals surface area contributed by atoms with E-state index in [0.717, 1.165) is 50.8 Å². The molecule has 0 spiro atoms. The highest BCUT2D eigenvalue weighted by Crippen LogP contribution is 2.48. The lowest BCUT2D eigenvalue weighted by Crippen LogP contribution is -2.14. The summed E-state index contributed by atoms with van der Waals surface area (Å²) in [5, 5.41) is 2.39. The monoisotopic (exact) mass is 653 g/mol. The third-order valence-electron chi connectivity index (χ3n) is 9.50. The van der Waals surface area contributed by atoms with Gasteiger partial charge < -0.3 is 14.4 Å². The second kappa shape index (κ2) is 13.2. The summed E-state index contributed by atoms with van der Waals surface area (Å²) in [4.78, 5) is 4.79. The van der Waals surface area contributed by atoms with E-state index in [9.17, 15) is 0 Å². The maximum absolute atomic E-state index is 2.41. The Morgan fingerprint density at radius 2 is 0.804 bits per heavy atom. The van der Waals surface area contributed by atoms with Gasteiger partial charge in [0.15, 0.2) is 0 Å². The molecule has 0 aliphatic rings. The van der Waals surface area contributed by atoms with E-state index in [4.69, 9.17) is 0 Å². The van der Waals surface area contributed by atoms with E-state index < -0.39 is 0 Å². The molecule has 0 radical (unpaired) electrons. The maximum Gasteiger partial charge on any atom is 0.0583 e. The quantitative estimate of drug-likeness (QED) is 0.162. The first-order chi connectivity index (χ1) is 25.3. The van der Waals surface area contributed by atoms with Crippen LogP contribution < -0.4 is 9.80 Å². The minimum Gasteiger partial charge on any atom is -0.310 e. The smallest absolute Gasteiger partial charge is 0.0583 e. The topological polar surface area (TPSA) is 11.4 Å². The number of benzene rings is 8. The van der Waals surface area contributed by atoms with Crippen molar-refractivity contribution in [3.05, 3.63) is 212 Å². The first-order valence-corrected chi connectivity index (χ1v) is 17.4. The van der Waals surface area contributed by atoms with Crippen LogP contribution in [0.15, 0.2) is 212 Å². The molecule has 9 rings (SSSR count). The summed E-state index contributed by atoms with van der Waals surface area (Å²) in [5.74, 6) is 0. The fourth-order valence-corrected chi connectivity index (χ4v) is 7.28. The second-order valence-corrected chi connectivity index (χ2v) is 12.6. The molecule has 0 saturated carbocycles. The van der Waals surface area contributed by atoms with Gasteiger partial charge in [0.25, 0.3) is 0 Å². The molecule has 0 amide bonds. The Balaban J connectivity index is 1.40. The zero-order valence-electron chi connectivity index (χ0n) is 28.0. The predicted molar refractivity (Wildman–Crippen MR) is 216 cm³/mol. The summed E-state index contributed by atoms with van der Waals surface area (Å²) in [6.45, 7) is 0. The molecule has 0 bridgehead atoms. The molecule has 0 fully saturated rings. The maximum atomic E-state index is 2.41. The van der Waals surface area contributed by atoms with Crippen LogP contribution in [-0.4, -0.2) is 4.57 Å². The average Bonchev–Trinajstić information content (AvgIpc) is 3.54. The van der Waals surface area contributed by atoms with E-state index in [-0.39, 0.29) is 0 Å². The van der Waals surface area contributed by atoms with Gasteiger partial charge in [0.1, 0.15) is 0 Å².